The number of ketones is 1. The molecule has 0 saturated carbocycles. The van der Waals surface area contributed by atoms with Crippen LogP contribution in [-0.4, -0.2) is 22.0 Å². The van der Waals surface area contributed by atoms with Crippen LogP contribution in [0, 0.1) is 0 Å². The largest absolute Gasteiger partial charge is 0.508 e. The molecule has 0 unspecified atom stereocenters. The number of hydrogen-bond donors (Lipinski definition) is 2. The van der Waals surface area contributed by atoms with Crippen molar-refractivity contribution in [2.24, 2.45) is 0 Å². The summed E-state index contributed by atoms with van der Waals surface area (Å²) in [6.07, 6.45) is -0.346. The molecule has 0 aliphatic carbocycles. The molecule has 4 heteroatoms. The Bertz CT molecular complexity index is 382. The van der Waals surface area contributed by atoms with Gasteiger partial charge in [-0.3, -0.25) is 9.59 Å². The minimum Gasteiger partial charge on any atom is -0.508 e. The highest BCUT2D eigenvalue weighted by molar-refractivity contribution is 5.97. The molecule has 0 heterocycles. The number of rotatable bonds is 3. The SMILES string of the molecule is CC(=O)c1cccc(O)c1CC(=O)O. The number of benzene rings is 1. The van der Waals surface area contributed by atoms with E-state index >= 15 is 0 Å². The number of hydrogen-bond acceptors (Lipinski definition) is 3. The van der Waals surface area contributed by atoms with Crippen LogP contribution in [0.5, 0.6) is 5.75 Å². The third kappa shape index (κ3) is 2.10. The lowest BCUT2D eigenvalue weighted by Crippen LogP contribution is -2.06. The summed E-state index contributed by atoms with van der Waals surface area (Å²) in [6, 6.07) is 4.38. The van der Waals surface area contributed by atoms with Crippen LogP contribution >= 0.6 is 0 Å². The van der Waals surface area contributed by atoms with Crippen molar-refractivity contribution < 1.29 is 19.8 Å². The van der Waals surface area contributed by atoms with Crippen molar-refractivity contribution in [3.63, 3.8) is 0 Å². The van der Waals surface area contributed by atoms with Gasteiger partial charge >= 0.3 is 5.97 Å². The Morgan fingerprint density at radius 3 is 2.50 bits per heavy atom. The van der Waals surface area contributed by atoms with E-state index in [-0.39, 0.29) is 29.1 Å². The van der Waals surface area contributed by atoms with Crippen molar-refractivity contribution in [3.05, 3.63) is 29.3 Å². The van der Waals surface area contributed by atoms with Gasteiger partial charge in [0.2, 0.25) is 0 Å². The van der Waals surface area contributed by atoms with Crippen molar-refractivity contribution in [1.82, 2.24) is 0 Å². The molecule has 2 N–H and O–H groups in total. The lowest BCUT2D eigenvalue weighted by molar-refractivity contribution is -0.136. The van der Waals surface area contributed by atoms with Gasteiger partial charge in [-0.2, -0.15) is 0 Å². The van der Waals surface area contributed by atoms with Crippen LogP contribution in [0.3, 0.4) is 0 Å². The van der Waals surface area contributed by atoms with E-state index in [4.69, 9.17) is 5.11 Å². The molecule has 1 aromatic rings. The zero-order valence-electron chi connectivity index (χ0n) is 7.65. The van der Waals surface area contributed by atoms with E-state index in [1.807, 2.05) is 0 Å². The minimum absolute atomic E-state index is 0.153. The summed E-state index contributed by atoms with van der Waals surface area (Å²) >= 11 is 0. The van der Waals surface area contributed by atoms with Crippen LogP contribution in [-0.2, 0) is 11.2 Å². The van der Waals surface area contributed by atoms with Gasteiger partial charge in [0.25, 0.3) is 0 Å². The third-order valence-corrected chi connectivity index (χ3v) is 1.86. The lowest BCUT2D eigenvalue weighted by Gasteiger charge is -2.06. The van der Waals surface area contributed by atoms with E-state index in [0.29, 0.717) is 0 Å². The summed E-state index contributed by atoms with van der Waals surface area (Å²) < 4.78 is 0. The molecule has 0 aromatic heterocycles. The second-order valence-corrected chi connectivity index (χ2v) is 2.93. The quantitative estimate of drug-likeness (QED) is 0.709. The predicted octanol–water partition coefficient (Wildman–Crippen LogP) is 1.22. The maximum absolute atomic E-state index is 11.1. The van der Waals surface area contributed by atoms with Gasteiger partial charge in [0.1, 0.15) is 5.75 Å². The molecule has 1 rings (SSSR count). The first-order valence-electron chi connectivity index (χ1n) is 4.06. The number of Topliss-reactive ketones (excluding diaryl/α,β-unsaturated/α-hetero) is 1. The number of carbonyl (C=O) groups excluding carboxylic acids is 1. The van der Waals surface area contributed by atoms with E-state index in [1.165, 1.54) is 25.1 Å². The molecule has 0 aliphatic heterocycles. The number of carbonyl (C=O) groups is 2. The van der Waals surface area contributed by atoms with Crippen LogP contribution in [0.4, 0.5) is 0 Å². The van der Waals surface area contributed by atoms with Crippen molar-refractivity contribution in [2.45, 2.75) is 13.3 Å². The van der Waals surface area contributed by atoms with Crippen LogP contribution in [0.1, 0.15) is 22.8 Å². The molecule has 0 fully saturated rings. The molecular weight excluding hydrogens is 184 g/mol. The summed E-state index contributed by atoms with van der Waals surface area (Å²) in [7, 11) is 0. The van der Waals surface area contributed by atoms with Gasteiger partial charge in [-0.25, -0.2) is 0 Å². The normalized spacial score (nSPS) is 9.79. The summed E-state index contributed by atoms with van der Waals surface area (Å²) in [5.74, 6) is -1.48. The number of phenols is 1. The van der Waals surface area contributed by atoms with E-state index in [9.17, 15) is 14.7 Å². The van der Waals surface area contributed by atoms with Gasteiger partial charge in [-0.05, 0) is 13.0 Å². The highest BCUT2D eigenvalue weighted by Gasteiger charge is 2.13. The maximum Gasteiger partial charge on any atom is 0.307 e. The standard InChI is InChI=1S/C10H10O4/c1-6(11)7-3-2-4-9(12)8(7)5-10(13)14/h2-4,12H,5H2,1H3,(H,13,14). The van der Waals surface area contributed by atoms with Gasteiger partial charge in [0.05, 0.1) is 6.42 Å². The Labute approximate surface area is 80.8 Å². The molecule has 4 nitrogen and oxygen atoms in total. The molecule has 0 spiro atoms. The van der Waals surface area contributed by atoms with Crippen molar-refractivity contribution >= 4 is 11.8 Å². The van der Waals surface area contributed by atoms with E-state index in [2.05, 4.69) is 0 Å². The van der Waals surface area contributed by atoms with Crippen molar-refractivity contribution in [2.75, 3.05) is 0 Å². The zero-order valence-corrected chi connectivity index (χ0v) is 7.65. The van der Waals surface area contributed by atoms with Gasteiger partial charge in [0.15, 0.2) is 5.78 Å². The smallest absolute Gasteiger partial charge is 0.307 e. The van der Waals surface area contributed by atoms with E-state index in [1.54, 1.807) is 0 Å². The number of aliphatic carboxylic acids is 1. The third-order valence-electron chi connectivity index (χ3n) is 1.86. The minimum atomic E-state index is -1.07. The number of carboxylic acid groups (broad SMARTS) is 1. The molecule has 0 bridgehead atoms. The number of carboxylic acids is 1. The summed E-state index contributed by atoms with van der Waals surface area (Å²) in [4.78, 5) is 21.6. The first kappa shape index (κ1) is 10.2. The predicted molar refractivity (Wildman–Crippen MR) is 49.5 cm³/mol. The Balaban J connectivity index is 3.22. The van der Waals surface area contributed by atoms with E-state index < -0.39 is 5.97 Å². The number of phenolic OH excluding ortho intramolecular Hbond substituents is 1. The molecule has 0 saturated heterocycles. The van der Waals surface area contributed by atoms with E-state index in [0.717, 1.165) is 0 Å². The van der Waals surface area contributed by atoms with Gasteiger partial charge in [0, 0.05) is 11.1 Å². The zero-order chi connectivity index (χ0) is 10.7. The molecule has 0 atom stereocenters. The fraction of sp³-hybridized carbons (Fsp3) is 0.200. The van der Waals surface area contributed by atoms with Gasteiger partial charge in [-0.15, -0.1) is 0 Å². The number of aromatic hydroxyl groups is 1. The van der Waals surface area contributed by atoms with Crippen LogP contribution in [0.2, 0.25) is 0 Å². The Morgan fingerprint density at radius 1 is 1.36 bits per heavy atom. The average molecular weight is 194 g/mol. The lowest BCUT2D eigenvalue weighted by atomic mass is 10.0. The first-order chi connectivity index (χ1) is 6.52. The average Bonchev–Trinajstić information content (AvgIpc) is 2.07. The molecule has 0 amide bonds. The van der Waals surface area contributed by atoms with Crippen LogP contribution < -0.4 is 0 Å². The van der Waals surface area contributed by atoms with Crippen molar-refractivity contribution in [3.8, 4) is 5.75 Å². The molecular formula is C10H10O4. The Morgan fingerprint density at radius 2 is 2.00 bits per heavy atom. The summed E-state index contributed by atoms with van der Waals surface area (Å²) in [6.45, 7) is 1.33. The van der Waals surface area contributed by atoms with Crippen molar-refractivity contribution in [1.29, 1.82) is 0 Å². The van der Waals surface area contributed by atoms with Crippen LogP contribution in [0.25, 0.3) is 0 Å². The van der Waals surface area contributed by atoms with Gasteiger partial charge < -0.3 is 10.2 Å². The Hall–Kier alpha value is -1.84. The molecule has 0 aliphatic rings. The molecule has 0 radical (unpaired) electrons. The highest BCUT2D eigenvalue weighted by Crippen LogP contribution is 2.21. The summed E-state index contributed by atoms with van der Waals surface area (Å²) in [5.41, 5.74) is 0.430. The molecule has 14 heavy (non-hydrogen) atoms. The Kier molecular flexibility index (Phi) is 2.86. The van der Waals surface area contributed by atoms with Crippen LogP contribution in [0.15, 0.2) is 18.2 Å². The summed E-state index contributed by atoms with van der Waals surface area (Å²) in [5, 5.41) is 17.9. The monoisotopic (exact) mass is 194 g/mol. The second kappa shape index (κ2) is 3.91. The first-order valence-corrected chi connectivity index (χ1v) is 4.06. The fourth-order valence-corrected chi connectivity index (χ4v) is 1.24. The molecule has 74 valence electrons. The highest BCUT2D eigenvalue weighted by atomic mass is 16.4. The fourth-order valence-electron chi connectivity index (χ4n) is 1.24. The maximum atomic E-state index is 11.1. The molecule has 1 aromatic carbocycles. The topological polar surface area (TPSA) is 74.6 Å². The van der Waals surface area contributed by atoms with Gasteiger partial charge in [-0.1, -0.05) is 12.1 Å². The second-order valence-electron chi connectivity index (χ2n) is 2.93.